The molecule has 0 saturated heterocycles. The monoisotopic (exact) mass is 251 g/mol. The van der Waals surface area contributed by atoms with Crippen LogP contribution in [0.25, 0.3) is 0 Å². The van der Waals surface area contributed by atoms with E-state index in [1.807, 2.05) is 0 Å². The number of benzene rings is 1. The Morgan fingerprint density at radius 1 is 1.39 bits per heavy atom. The number of aliphatic hydroxyl groups excluding tert-OH is 1. The first-order valence-corrected chi connectivity index (χ1v) is 6.33. The molecule has 1 aliphatic carbocycles. The van der Waals surface area contributed by atoms with Crippen LogP contribution in [-0.2, 0) is 0 Å². The second-order valence-corrected chi connectivity index (χ2v) is 4.92. The summed E-state index contributed by atoms with van der Waals surface area (Å²) in [5.41, 5.74) is 0.820. The van der Waals surface area contributed by atoms with Gasteiger partial charge in [-0.2, -0.15) is 0 Å². The molecule has 0 radical (unpaired) electrons. The molecule has 0 aliphatic heterocycles. The number of halogens is 1. The number of aliphatic hydroxyl groups is 1. The third kappa shape index (κ3) is 2.88. The van der Waals surface area contributed by atoms with Gasteiger partial charge in [0, 0.05) is 0 Å². The second kappa shape index (κ2) is 5.48. The van der Waals surface area contributed by atoms with E-state index in [4.69, 9.17) is 0 Å². The minimum atomic E-state index is -0.517. The Kier molecular flexibility index (Phi) is 3.97. The average molecular weight is 251 g/mol. The molecule has 98 valence electrons. The van der Waals surface area contributed by atoms with Gasteiger partial charge in [0.15, 0.2) is 0 Å². The van der Waals surface area contributed by atoms with Gasteiger partial charge in [0.2, 0.25) is 0 Å². The molecular formula is C14H18FNO2. The first kappa shape index (κ1) is 13.0. The van der Waals surface area contributed by atoms with Crippen LogP contribution in [0.15, 0.2) is 18.2 Å². The molecule has 0 spiro atoms. The van der Waals surface area contributed by atoms with Gasteiger partial charge in [0.1, 0.15) is 5.82 Å². The molecule has 2 rings (SSSR count). The van der Waals surface area contributed by atoms with Crippen molar-refractivity contribution in [2.24, 2.45) is 0 Å². The maximum absolute atomic E-state index is 13.6. The SMILES string of the molecule is Cc1ccc(C(=O)NC2CCCCC2O)c(F)c1. The maximum atomic E-state index is 13.6. The molecule has 0 heterocycles. The lowest BCUT2D eigenvalue weighted by Crippen LogP contribution is -2.45. The molecule has 4 heteroatoms. The van der Waals surface area contributed by atoms with E-state index in [0.717, 1.165) is 24.8 Å². The van der Waals surface area contributed by atoms with E-state index in [9.17, 15) is 14.3 Å². The molecule has 2 unspecified atom stereocenters. The van der Waals surface area contributed by atoms with Crippen molar-refractivity contribution < 1.29 is 14.3 Å². The Hall–Kier alpha value is -1.42. The van der Waals surface area contributed by atoms with Crippen molar-refractivity contribution in [3.05, 3.63) is 35.1 Å². The minimum Gasteiger partial charge on any atom is -0.391 e. The number of aryl methyl sites for hydroxylation is 1. The number of nitrogens with one attached hydrogen (secondary N) is 1. The highest BCUT2D eigenvalue weighted by Gasteiger charge is 2.25. The molecule has 1 aromatic carbocycles. The number of hydrogen-bond acceptors (Lipinski definition) is 2. The highest BCUT2D eigenvalue weighted by atomic mass is 19.1. The summed E-state index contributed by atoms with van der Waals surface area (Å²) in [6.45, 7) is 1.77. The summed E-state index contributed by atoms with van der Waals surface area (Å²) in [4.78, 5) is 11.9. The number of carbonyl (C=O) groups excluding carboxylic acids is 1. The summed E-state index contributed by atoms with van der Waals surface area (Å²) < 4.78 is 13.6. The van der Waals surface area contributed by atoms with Crippen molar-refractivity contribution in [3.8, 4) is 0 Å². The Bertz CT molecular complexity index is 447. The normalized spacial score (nSPS) is 23.7. The quantitative estimate of drug-likeness (QED) is 0.846. The van der Waals surface area contributed by atoms with E-state index in [2.05, 4.69) is 5.32 Å². The van der Waals surface area contributed by atoms with Crippen LogP contribution in [-0.4, -0.2) is 23.2 Å². The summed E-state index contributed by atoms with van der Waals surface area (Å²) in [6.07, 6.45) is 2.89. The van der Waals surface area contributed by atoms with Gasteiger partial charge in [0.05, 0.1) is 17.7 Å². The molecule has 1 saturated carbocycles. The van der Waals surface area contributed by atoms with Crippen molar-refractivity contribution in [3.63, 3.8) is 0 Å². The lowest BCUT2D eigenvalue weighted by molar-refractivity contribution is 0.0714. The molecule has 2 N–H and O–H groups in total. The van der Waals surface area contributed by atoms with E-state index in [0.29, 0.717) is 6.42 Å². The first-order valence-electron chi connectivity index (χ1n) is 6.33. The van der Waals surface area contributed by atoms with E-state index in [1.165, 1.54) is 12.1 Å². The summed E-state index contributed by atoms with van der Waals surface area (Å²) in [6, 6.07) is 4.27. The van der Waals surface area contributed by atoms with Gasteiger partial charge >= 0.3 is 0 Å². The fraction of sp³-hybridized carbons (Fsp3) is 0.500. The van der Waals surface area contributed by atoms with E-state index in [-0.39, 0.29) is 11.6 Å². The first-order chi connectivity index (χ1) is 8.58. The third-order valence-corrected chi connectivity index (χ3v) is 3.42. The number of amides is 1. The summed E-state index contributed by atoms with van der Waals surface area (Å²) in [7, 11) is 0. The zero-order chi connectivity index (χ0) is 13.1. The predicted octanol–water partition coefficient (Wildman–Crippen LogP) is 2.17. The van der Waals surface area contributed by atoms with Gasteiger partial charge in [-0.1, -0.05) is 18.9 Å². The third-order valence-electron chi connectivity index (χ3n) is 3.42. The molecule has 3 nitrogen and oxygen atoms in total. The molecule has 1 aliphatic rings. The van der Waals surface area contributed by atoms with Crippen LogP contribution in [0.4, 0.5) is 4.39 Å². The maximum Gasteiger partial charge on any atom is 0.254 e. The molecule has 1 amide bonds. The highest BCUT2D eigenvalue weighted by molar-refractivity contribution is 5.94. The van der Waals surface area contributed by atoms with Crippen LogP contribution in [0, 0.1) is 12.7 Å². The van der Waals surface area contributed by atoms with Crippen LogP contribution in [0.5, 0.6) is 0 Å². The van der Waals surface area contributed by atoms with Crippen LogP contribution in [0.3, 0.4) is 0 Å². The minimum absolute atomic E-state index is 0.0402. The second-order valence-electron chi connectivity index (χ2n) is 4.92. The fourth-order valence-electron chi connectivity index (χ4n) is 2.33. The number of hydrogen-bond donors (Lipinski definition) is 2. The predicted molar refractivity (Wildman–Crippen MR) is 66.9 cm³/mol. The van der Waals surface area contributed by atoms with Crippen molar-refractivity contribution in [2.45, 2.75) is 44.8 Å². The molecule has 2 atom stereocenters. The van der Waals surface area contributed by atoms with E-state index < -0.39 is 17.8 Å². The molecule has 1 fully saturated rings. The highest BCUT2D eigenvalue weighted by Crippen LogP contribution is 2.19. The van der Waals surface area contributed by atoms with Gasteiger partial charge in [0.25, 0.3) is 5.91 Å². The topological polar surface area (TPSA) is 49.3 Å². The van der Waals surface area contributed by atoms with Crippen LogP contribution in [0.1, 0.15) is 41.6 Å². The fourth-order valence-corrected chi connectivity index (χ4v) is 2.33. The number of carbonyl (C=O) groups is 1. The summed E-state index contributed by atoms with van der Waals surface area (Å²) >= 11 is 0. The lowest BCUT2D eigenvalue weighted by atomic mass is 9.92. The van der Waals surface area contributed by atoms with Crippen molar-refractivity contribution in [1.82, 2.24) is 5.32 Å². The zero-order valence-electron chi connectivity index (χ0n) is 10.4. The molecule has 0 aromatic heterocycles. The van der Waals surface area contributed by atoms with Crippen LogP contribution < -0.4 is 5.32 Å². The molecule has 18 heavy (non-hydrogen) atoms. The van der Waals surface area contributed by atoms with E-state index in [1.54, 1.807) is 13.0 Å². The Morgan fingerprint density at radius 3 is 2.78 bits per heavy atom. The average Bonchev–Trinajstić information content (AvgIpc) is 2.32. The lowest BCUT2D eigenvalue weighted by Gasteiger charge is -2.28. The van der Waals surface area contributed by atoms with Gasteiger partial charge < -0.3 is 10.4 Å². The van der Waals surface area contributed by atoms with Crippen molar-refractivity contribution >= 4 is 5.91 Å². The molecule has 1 aromatic rings. The molecule has 0 bridgehead atoms. The smallest absolute Gasteiger partial charge is 0.254 e. The standard InChI is InChI=1S/C14H18FNO2/c1-9-6-7-10(11(15)8-9)14(18)16-12-4-2-3-5-13(12)17/h6-8,12-13,17H,2-5H2,1H3,(H,16,18). The Labute approximate surface area is 106 Å². The van der Waals surface area contributed by atoms with Gasteiger partial charge in [-0.15, -0.1) is 0 Å². The molecular weight excluding hydrogens is 233 g/mol. The van der Waals surface area contributed by atoms with E-state index >= 15 is 0 Å². The summed E-state index contributed by atoms with van der Waals surface area (Å²) in [5.74, 6) is -0.962. The van der Waals surface area contributed by atoms with Crippen molar-refractivity contribution in [2.75, 3.05) is 0 Å². The van der Waals surface area contributed by atoms with Gasteiger partial charge in [-0.3, -0.25) is 4.79 Å². The Morgan fingerprint density at radius 2 is 2.11 bits per heavy atom. The van der Waals surface area contributed by atoms with Crippen LogP contribution in [0.2, 0.25) is 0 Å². The number of rotatable bonds is 2. The summed E-state index contributed by atoms with van der Waals surface area (Å²) in [5, 5.41) is 12.5. The largest absolute Gasteiger partial charge is 0.391 e. The van der Waals surface area contributed by atoms with Gasteiger partial charge in [-0.05, 0) is 37.5 Å². The Balaban J connectivity index is 2.07. The van der Waals surface area contributed by atoms with Crippen molar-refractivity contribution in [1.29, 1.82) is 0 Å². The zero-order valence-corrected chi connectivity index (χ0v) is 10.4. The van der Waals surface area contributed by atoms with Gasteiger partial charge in [-0.25, -0.2) is 4.39 Å². The van der Waals surface area contributed by atoms with Crippen LogP contribution >= 0.6 is 0 Å².